The van der Waals surface area contributed by atoms with Gasteiger partial charge in [0.25, 0.3) is 0 Å². The van der Waals surface area contributed by atoms with E-state index in [1.807, 2.05) is 4.90 Å². The number of nitrogens with zero attached hydrogens (tertiary/aromatic N) is 3. The Morgan fingerprint density at radius 3 is 2.64 bits per heavy atom. The van der Waals surface area contributed by atoms with Gasteiger partial charge in [-0.25, -0.2) is 4.98 Å². The van der Waals surface area contributed by atoms with Crippen LogP contribution in [-0.2, 0) is 10.9 Å². The lowest BCUT2D eigenvalue weighted by molar-refractivity contribution is -0.137. The summed E-state index contributed by atoms with van der Waals surface area (Å²) >= 11 is 0. The highest BCUT2D eigenvalue weighted by Crippen LogP contribution is 2.35. The van der Waals surface area contributed by atoms with Crippen LogP contribution >= 0.6 is 0 Å². The Morgan fingerprint density at radius 2 is 2.00 bits per heavy atom. The first-order valence-electron chi connectivity index (χ1n) is 8.67. The fourth-order valence-corrected chi connectivity index (χ4v) is 2.83. The zero-order valence-corrected chi connectivity index (χ0v) is 14.5. The molecular weight excluding hydrogens is 335 g/mol. The monoisotopic (exact) mass is 361 g/mol. The average Bonchev–Trinajstić information content (AvgIpc) is 2.59. The number of aromatic nitrogens is 1. The Balaban J connectivity index is 1.82. The number of alkyl halides is 3. The fraction of sp³-hybridized carbons (Fsp3) is 0.706. The van der Waals surface area contributed by atoms with Gasteiger partial charge in [0, 0.05) is 45.5 Å². The van der Waals surface area contributed by atoms with Gasteiger partial charge in [-0.3, -0.25) is 4.90 Å². The molecule has 0 aliphatic carbocycles. The van der Waals surface area contributed by atoms with Crippen LogP contribution in [0.1, 0.15) is 25.3 Å². The maximum atomic E-state index is 13.1. The summed E-state index contributed by atoms with van der Waals surface area (Å²) in [4.78, 5) is 7.63. The zero-order chi connectivity index (χ0) is 18.3. The van der Waals surface area contributed by atoms with Gasteiger partial charge in [-0.05, 0) is 18.6 Å². The quantitative estimate of drug-likeness (QED) is 0.721. The van der Waals surface area contributed by atoms with Crippen LogP contribution in [0.15, 0.2) is 18.3 Å². The van der Waals surface area contributed by atoms with E-state index in [4.69, 9.17) is 4.74 Å². The van der Waals surface area contributed by atoms with Gasteiger partial charge in [0.1, 0.15) is 5.82 Å². The summed E-state index contributed by atoms with van der Waals surface area (Å²) in [5, 5.41) is 9.99. The van der Waals surface area contributed by atoms with Gasteiger partial charge in [-0.1, -0.05) is 13.3 Å². The first-order valence-corrected chi connectivity index (χ1v) is 8.67. The van der Waals surface area contributed by atoms with Gasteiger partial charge in [-0.15, -0.1) is 0 Å². The van der Waals surface area contributed by atoms with E-state index in [9.17, 15) is 18.3 Å². The summed E-state index contributed by atoms with van der Waals surface area (Å²) in [5.74, 6) is -0.0157. The smallest absolute Gasteiger partial charge is 0.389 e. The Kier molecular flexibility index (Phi) is 7.46. The molecule has 1 aromatic rings. The van der Waals surface area contributed by atoms with Crippen molar-refractivity contribution in [1.82, 2.24) is 9.88 Å². The van der Waals surface area contributed by atoms with Crippen LogP contribution in [0.3, 0.4) is 0 Å². The summed E-state index contributed by atoms with van der Waals surface area (Å²) < 4.78 is 44.7. The van der Waals surface area contributed by atoms with Crippen LogP contribution in [-0.4, -0.2) is 67.0 Å². The Morgan fingerprint density at radius 1 is 1.28 bits per heavy atom. The molecule has 2 heterocycles. The Labute approximate surface area is 146 Å². The Bertz CT molecular complexity index is 520. The second kappa shape index (κ2) is 9.35. The lowest BCUT2D eigenvalue weighted by Crippen LogP contribution is -2.49. The minimum absolute atomic E-state index is 0.0157. The van der Waals surface area contributed by atoms with Crippen LogP contribution in [0.4, 0.5) is 19.0 Å². The number of aliphatic hydroxyl groups is 1. The van der Waals surface area contributed by atoms with E-state index in [0.29, 0.717) is 45.9 Å². The number of aliphatic hydroxyl groups excluding tert-OH is 1. The lowest BCUT2D eigenvalue weighted by Gasteiger charge is -2.37. The molecule has 1 unspecified atom stereocenters. The molecule has 1 fully saturated rings. The number of β-amino-alcohol motifs (C(OH)–C–C–N with tert-alkyl or cyclic N) is 1. The number of ether oxygens (including phenoxy) is 1. The number of piperazine rings is 1. The molecule has 0 amide bonds. The normalized spacial score (nSPS) is 17.7. The molecule has 1 aliphatic rings. The molecule has 5 nitrogen and oxygen atoms in total. The predicted molar refractivity (Wildman–Crippen MR) is 89.6 cm³/mol. The molecule has 2 rings (SSSR count). The summed E-state index contributed by atoms with van der Waals surface area (Å²) in [7, 11) is 0. The molecule has 1 aliphatic heterocycles. The van der Waals surface area contributed by atoms with Crippen molar-refractivity contribution < 1.29 is 23.0 Å². The van der Waals surface area contributed by atoms with Crippen molar-refractivity contribution in [2.24, 2.45) is 0 Å². The van der Waals surface area contributed by atoms with Gasteiger partial charge in [0.05, 0.1) is 18.3 Å². The summed E-state index contributed by atoms with van der Waals surface area (Å²) in [5.41, 5.74) is -0.701. The molecule has 0 saturated carbocycles. The molecule has 0 aromatic carbocycles. The van der Waals surface area contributed by atoms with E-state index in [1.54, 1.807) is 4.90 Å². The molecule has 8 heteroatoms. The molecule has 0 radical (unpaired) electrons. The van der Waals surface area contributed by atoms with Crippen molar-refractivity contribution >= 4 is 5.82 Å². The molecule has 1 N–H and O–H groups in total. The second-order valence-corrected chi connectivity index (χ2v) is 6.24. The van der Waals surface area contributed by atoms with E-state index < -0.39 is 17.8 Å². The largest absolute Gasteiger partial charge is 0.419 e. The van der Waals surface area contributed by atoms with Gasteiger partial charge < -0.3 is 14.7 Å². The van der Waals surface area contributed by atoms with Crippen LogP contribution in [0.2, 0.25) is 0 Å². The van der Waals surface area contributed by atoms with E-state index in [2.05, 4.69) is 11.9 Å². The minimum Gasteiger partial charge on any atom is -0.389 e. The molecule has 142 valence electrons. The van der Waals surface area contributed by atoms with E-state index >= 15 is 0 Å². The van der Waals surface area contributed by atoms with Crippen molar-refractivity contribution in [2.75, 3.05) is 50.8 Å². The van der Waals surface area contributed by atoms with Crippen molar-refractivity contribution in [3.8, 4) is 0 Å². The first kappa shape index (κ1) is 19.9. The molecule has 1 saturated heterocycles. The van der Waals surface area contributed by atoms with Crippen LogP contribution in [0.5, 0.6) is 0 Å². The summed E-state index contributed by atoms with van der Waals surface area (Å²) in [6.07, 6.45) is -1.59. The molecular formula is C17H26F3N3O2. The van der Waals surface area contributed by atoms with E-state index in [1.165, 1.54) is 12.3 Å². The third-order valence-electron chi connectivity index (χ3n) is 4.19. The first-order chi connectivity index (χ1) is 11.9. The number of unbranched alkanes of at least 4 members (excludes halogenated alkanes) is 1. The molecule has 25 heavy (non-hydrogen) atoms. The van der Waals surface area contributed by atoms with Crippen molar-refractivity contribution in [3.05, 3.63) is 23.9 Å². The number of halogens is 3. The number of hydrogen-bond donors (Lipinski definition) is 1. The molecule has 1 atom stereocenters. The van der Waals surface area contributed by atoms with E-state index in [-0.39, 0.29) is 5.82 Å². The predicted octanol–water partition coefficient (Wildman–Crippen LogP) is 2.40. The number of pyridine rings is 1. The van der Waals surface area contributed by atoms with Gasteiger partial charge in [0.2, 0.25) is 0 Å². The van der Waals surface area contributed by atoms with Gasteiger partial charge in [-0.2, -0.15) is 13.2 Å². The maximum Gasteiger partial charge on any atom is 0.419 e. The maximum absolute atomic E-state index is 13.1. The highest BCUT2D eigenvalue weighted by atomic mass is 19.4. The van der Waals surface area contributed by atoms with Crippen molar-refractivity contribution in [3.63, 3.8) is 0 Å². The molecule has 0 bridgehead atoms. The van der Waals surface area contributed by atoms with E-state index in [0.717, 1.165) is 18.9 Å². The Hall–Kier alpha value is -1.38. The topological polar surface area (TPSA) is 48.8 Å². The van der Waals surface area contributed by atoms with Crippen molar-refractivity contribution in [1.29, 1.82) is 0 Å². The number of hydrogen-bond acceptors (Lipinski definition) is 5. The lowest BCUT2D eigenvalue weighted by atomic mass is 10.2. The van der Waals surface area contributed by atoms with Crippen molar-refractivity contribution in [2.45, 2.75) is 32.0 Å². The SMILES string of the molecule is CCCCOCC(O)CN1CCN(c2ncccc2C(F)(F)F)CC1. The number of anilines is 1. The van der Waals surface area contributed by atoms with Gasteiger partial charge >= 0.3 is 6.18 Å². The zero-order valence-electron chi connectivity index (χ0n) is 14.5. The summed E-state index contributed by atoms with van der Waals surface area (Å²) in [6, 6.07) is 2.36. The number of rotatable bonds is 8. The minimum atomic E-state index is -4.41. The van der Waals surface area contributed by atoms with Gasteiger partial charge in [0.15, 0.2) is 0 Å². The second-order valence-electron chi connectivity index (χ2n) is 6.24. The van der Waals surface area contributed by atoms with Crippen LogP contribution in [0.25, 0.3) is 0 Å². The molecule has 0 spiro atoms. The van der Waals surface area contributed by atoms with Crippen LogP contribution < -0.4 is 4.90 Å². The average molecular weight is 361 g/mol. The third kappa shape index (κ3) is 6.13. The standard InChI is InChI=1S/C17H26F3N3O2/c1-2-3-11-25-13-14(24)12-22-7-9-23(10-8-22)16-15(17(18,19)20)5-4-6-21-16/h4-6,14,24H,2-3,7-13H2,1H3. The highest BCUT2D eigenvalue weighted by molar-refractivity contribution is 5.48. The third-order valence-corrected chi connectivity index (χ3v) is 4.19. The van der Waals surface area contributed by atoms with Crippen LogP contribution in [0, 0.1) is 0 Å². The molecule has 1 aromatic heterocycles. The summed E-state index contributed by atoms with van der Waals surface area (Å²) in [6.45, 7) is 5.53. The fourth-order valence-electron chi connectivity index (χ4n) is 2.83. The highest BCUT2D eigenvalue weighted by Gasteiger charge is 2.36.